The van der Waals surface area contributed by atoms with Crippen LogP contribution in [0.1, 0.15) is 39.3 Å². The predicted octanol–water partition coefficient (Wildman–Crippen LogP) is 3.63. The van der Waals surface area contributed by atoms with Crippen LogP contribution >= 0.6 is 34.4 Å². The molecule has 0 saturated carbocycles. The van der Waals surface area contributed by atoms with E-state index < -0.39 is 0 Å². The van der Waals surface area contributed by atoms with E-state index in [1.807, 2.05) is 6.92 Å². The van der Waals surface area contributed by atoms with E-state index in [0.29, 0.717) is 15.8 Å². The minimum absolute atomic E-state index is 0.0256. The Morgan fingerprint density at radius 3 is 3.22 bits per heavy atom. The first-order valence-electron chi connectivity index (χ1n) is 7.03. The third kappa shape index (κ3) is 3.90. The minimum atomic E-state index is -0.211. The third-order valence-electron chi connectivity index (χ3n) is 3.19. The second-order valence-corrected chi connectivity index (χ2v) is 8.16. The van der Waals surface area contributed by atoms with Crippen molar-refractivity contribution in [1.29, 1.82) is 5.26 Å². The van der Waals surface area contributed by atoms with Crippen LogP contribution in [0, 0.1) is 18.3 Å². The van der Waals surface area contributed by atoms with Crippen LogP contribution in [0.5, 0.6) is 0 Å². The first-order valence-corrected chi connectivity index (χ1v) is 9.65. The molecular weight excluding hydrogens is 352 g/mol. The number of carbonyl (C=O) groups is 1. The summed E-state index contributed by atoms with van der Waals surface area (Å²) < 4.78 is 6.53. The lowest BCUT2D eigenvalue weighted by atomic mass is 10.2. The van der Waals surface area contributed by atoms with Crippen molar-refractivity contribution in [3.8, 4) is 6.07 Å². The van der Waals surface area contributed by atoms with Gasteiger partial charge in [-0.3, -0.25) is 10.1 Å². The first-order chi connectivity index (χ1) is 11.2. The smallest absolute Gasteiger partial charge is 0.269 e. The molecule has 1 fully saturated rings. The number of ether oxygens (including phenoxy) is 1. The number of amides is 1. The molecule has 1 aliphatic heterocycles. The summed E-state index contributed by atoms with van der Waals surface area (Å²) in [5, 5.41) is 12.8. The molecule has 1 atom stereocenters. The summed E-state index contributed by atoms with van der Waals surface area (Å²) >= 11 is 4.17. The molecule has 3 rings (SSSR count). The molecule has 0 spiro atoms. The van der Waals surface area contributed by atoms with Crippen molar-refractivity contribution >= 4 is 45.5 Å². The number of nitrogens with zero attached hydrogens (tertiary/aromatic N) is 3. The van der Waals surface area contributed by atoms with E-state index >= 15 is 0 Å². The molecule has 0 aliphatic carbocycles. The Balaban J connectivity index is 1.66. The summed E-state index contributed by atoms with van der Waals surface area (Å²) in [5.74, 6) is 0.160. The molecule has 1 amide bonds. The maximum Gasteiger partial charge on any atom is 0.269 e. The summed E-state index contributed by atoms with van der Waals surface area (Å²) in [6, 6.07) is 2.08. The molecule has 1 N–H and O–H groups in total. The van der Waals surface area contributed by atoms with Crippen LogP contribution < -0.4 is 5.32 Å². The fourth-order valence-electron chi connectivity index (χ4n) is 2.14. The van der Waals surface area contributed by atoms with Gasteiger partial charge >= 0.3 is 0 Å². The van der Waals surface area contributed by atoms with Gasteiger partial charge in [0, 0.05) is 6.61 Å². The quantitative estimate of drug-likeness (QED) is 0.813. The standard InChI is InChI=1S/C14H14N4O2S3/c1-8-13(21-6-4-15)23-14(17-8)18-11(19)10-7-16-12(22-10)9-3-2-5-20-9/h7,9H,2-3,5-6H2,1H3,(H,17,18,19)/t9-/m1/s1. The molecule has 0 aromatic carbocycles. The molecule has 120 valence electrons. The Hall–Kier alpha value is -1.47. The summed E-state index contributed by atoms with van der Waals surface area (Å²) in [6.45, 7) is 2.63. The van der Waals surface area contributed by atoms with Gasteiger partial charge in [-0.05, 0) is 19.8 Å². The highest BCUT2D eigenvalue weighted by Crippen LogP contribution is 2.33. The number of aryl methyl sites for hydroxylation is 1. The van der Waals surface area contributed by atoms with Crippen LogP contribution in [-0.4, -0.2) is 28.2 Å². The van der Waals surface area contributed by atoms with Crippen molar-refractivity contribution in [3.05, 3.63) is 21.8 Å². The van der Waals surface area contributed by atoms with Crippen LogP contribution in [-0.2, 0) is 4.74 Å². The van der Waals surface area contributed by atoms with Crippen molar-refractivity contribution in [2.24, 2.45) is 0 Å². The van der Waals surface area contributed by atoms with Gasteiger partial charge in [0.15, 0.2) is 5.13 Å². The SMILES string of the molecule is Cc1nc(NC(=O)c2cnc([C@H]3CCCO3)s2)sc1SCC#N. The van der Waals surface area contributed by atoms with Gasteiger partial charge in [-0.1, -0.05) is 23.1 Å². The van der Waals surface area contributed by atoms with Crippen LogP contribution in [0.15, 0.2) is 10.4 Å². The number of carbonyl (C=O) groups excluding carboxylic acids is 1. The Kier molecular flexibility index (Phi) is 5.27. The molecule has 1 saturated heterocycles. The summed E-state index contributed by atoms with van der Waals surface area (Å²) in [5.41, 5.74) is 0.829. The number of hydrogen-bond donors (Lipinski definition) is 1. The highest BCUT2D eigenvalue weighted by atomic mass is 32.2. The fraction of sp³-hybridized carbons (Fsp3) is 0.429. The number of thioether (sulfide) groups is 1. The number of thiazole rings is 2. The molecule has 2 aromatic heterocycles. The van der Waals surface area contributed by atoms with Gasteiger partial charge in [-0.25, -0.2) is 9.97 Å². The highest BCUT2D eigenvalue weighted by Gasteiger charge is 2.22. The zero-order valence-corrected chi connectivity index (χ0v) is 14.8. The number of nitriles is 1. The van der Waals surface area contributed by atoms with Crippen molar-refractivity contribution in [3.63, 3.8) is 0 Å². The molecule has 1 aliphatic rings. The Bertz CT molecular complexity index is 744. The van der Waals surface area contributed by atoms with Crippen LogP contribution in [0.3, 0.4) is 0 Å². The highest BCUT2D eigenvalue weighted by molar-refractivity contribution is 8.01. The maximum absolute atomic E-state index is 12.3. The number of hydrogen-bond acceptors (Lipinski definition) is 8. The van der Waals surface area contributed by atoms with Crippen LogP contribution in [0.4, 0.5) is 5.13 Å². The second kappa shape index (κ2) is 7.40. The van der Waals surface area contributed by atoms with E-state index in [4.69, 9.17) is 10.00 Å². The van der Waals surface area contributed by atoms with Gasteiger partial charge in [0.1, 0.15) is 16.0 Å². The second-order valence-electron chi connectivity index (χ2n) is 4.86. The van der Waals surface area contributed by atoms with Crippen LogP contribution in [0.25, 0.3) is 0 Å². The molecule has 6 nitrogen and oxygen atoms in total. The van der Waals surface area contributed by atoms with Gasteiger partial charge in [0.25, 0.3) is 5.91 Å². The number of nitrogens with one attached hydrogen (secondary N) is 1. The van der Waals surface area contributed by atoms with E-state index in [9.17, 15) is 4.79 Å². The summed E-state index contributed by atoms with van der Waals surface area (Å²) in [4.78, 5) is 21.5. The zero-order valence-electron chi connectivity index (χ0n) is 12.4. The Morgan fingerprint density at radius 2 is 2.48 bits per heavy atom. The van der Waals surface area contributed by atoms with E-state index in [2.05, 4.69) is 21.4 Å². The van der Waals surface area contributed by atoms with E-state index in [0.717, 1.165) is 34.4 Å². The summed E-state index contributed by atoms with van der Waals surface area (Å²) in [6.07, 6.45) is 3.60. The van der Waals surface area contributed by atoms with E-state index in [1.54, 1.807) is 6.20 Å². The Labute approximate surface area is 145 Å². The molecular formula is C14H14N4O2S3. The molecule has 0 bridgehead atoms. The number of rotatable bonds is 5. The average molecular weight is 366 g/mol. The monoisotopic (exact) mass is 366 g/mol. The van der Waals surface area contributed by atoms with Crippen molar-refractivity contribution in [1.82, 2.24) is 9.97 Å². The lowest BCUT2D eigenvalue weighted by Crippen LogP contribution is -2.09. The van der Waals surface area contributed by atoms with E-state index in [-0.39, 0.29) is 12.0 Å². The average Bonchev–Trinajstić information content (AvgIpc) is 3.26. The molecule has 2 aromatic rings. The predicted molar refractivity (Wildman–Crippen MR) is 91.2 cm³/mol. The third-order valence-corrected chi connectivity index (χ3v) is 6.59. The van der Waals surface area contributed by atoms with Crippen molar-refractivity contribution in [2.45, 2.75) is 30.1 Å². The molecule has 3 heterocycles. The normalized spacial score (nSPS) is 17.1. The van der Waals surface area contributed by atoms with E-state index in [1.165, 1.54) is 34.4 Å². The van der Waals surface area contributed by atoms with Gasteiger partial charge in [0.05, 0.1) is 27.9 Å². The van der Waals surface area contributed by atoms with Gasteiger partial charge in [-0.15, -0.1) is 11.3 Å². The van der Waals surface area contributed by atoms with Crippen molar-refractivity contribution in [2.75, 3.05) is 17.7 Å². The molecule has 0 radical (unpaired) electrons. The zero-order chi connectivity index (χ0) is 16.2. The molecule has 0 unspecified atom stereocenters. The first kappa shape index (κ1) is 16.4. The number of anilines is 1. The van der Waals surface area contributed by atoms with Gasteiger partial charge in [-0.2, -0.15) is 5.26 Å². The molecule has 9 heteroatoms. The summed E-state index contributed by atoms with van der Waals surface area (Å²) in [7, 11) is 0. The molecule has 23 heavy (non-hydrogen) atoms. The largest absolute Gasteiger partial charge is 0.371 e. The fourth-order valence-corrected chi connectivity index (χ4v) is 4.83. The Morgan fingerprint density at radius 1 is 1.61 bits per heavy atom. The number of aromatic nitrogens is 2. The topological polar surface area (TPSA) is 87.9 Å². The lowest BCUT2D eigenvalue weighted by molar-refractivity contribution is 0.103. The van der Waals surface area contributed by atoms with Gasteiger partial charge < -0.3 is 4.74 Å². The van der Waals surface area contributed by atoms with Gasteiger partial charge in [0.2, 0.25) is 0 Å². The van der Waals surface area contributed by atoms with Crippen LogP contribution in [0.2, 0.25) is 0 Å². The maximum atomic E-state index is 12.3. The van der Waals surface area contributed by atoms with Crippen molar-refractivity contribution < 1.29 is 9.53 Å². The lowest BCUT2D eigenvalue weighted by Gasteiger charge is -2.03. The minimum Gasteiger partial charge on any atom is -0.371 e.